The minimum atomic E-state index is -0.649. The number of benzene rings is 1. The van der Waals surface area contributed by atoms with Gasteiger partial charge in [0, 0.05) is 9.35 Å². The maximum atomic E-state index is 10.2. The lowest BCUT2D eigenvalue weighted by Gasteiger charge is -2.10. The number of halogens is 3. The second-order valence-electron chi connectivity index (χ2n) is 3.19. The lowest BCUT2D eigenvalue weighted by atomic mass is 10.1. The highest BCUT2D eigenvalue weighted by molar-refractivity contribution is 9.11. The quantitative estimate of drug-likeness (QED) is 0.774. The first-order valence-electron chi connectivity index (χ1n) is 4.47. The second-order valence-corrected chi connectivity index (χ2v) is 6.86. The Bertz CT molecular complexity index is 493. The molecule has 0 radical (unpaired) electrons. The monoisotopic (exact) mass is 380 g/mol. The summed E-state index contributed by atoms with van der Waals surface area (Å²) in [6.45, 7) is 0. The predicted molar refractivity (Wildman–Crippen MR) is 75.2 cm³/mol. The number of hydrogen-bond donors (Lipinski definition) is 1. The largest absolute Gasteiger partial charge is 0.383 e. The Morgan fingerprint density at radius 3 is 2.50 bits per heavy atom. The number of aliphatic hydroxyl groups is 1. The third kappa shape index (κ3) is 2.51. The van der Waals surface area contributed by atoms with Crippen molar-refractivity contribution in [3.8, 4) is 0 Å². The van der Waals surface area contributed by atoms with Crippen LogP contribution in [0.5, 0.6) is 0 Å². The molecule has 1 N–H and O–H groups in total. The van der Waals surface area contributed by atoms with Crippen molar-refractivity contribution in [2.75, 3.05) is 0 Å². The summed E-state index contributed by atoms with van der Waals surface area (Å²) in [5, 5.41) is 10.8. The van der Waals surface area contributed by atoms with Crippen LogP contribution in [0.4, 0.5) is 0 Å². The average Bonchev–Trinajstić information content (AvgIpc) is 2.59. The van der Waals surface area contributed by atoms with E-state index in [9.17, 15) is 5.11 Å². The number of hydrogen-bond acceptors (Lipinski definition) is 2. The third-order valence-electron chi connectivity index (χ3n) is 2.13. The summed E-state index contributed by atoms with van der Waals surface area (Å²) in [6, 6.07) is 9.38. The highest BCUT2D eigenvalue weighted by Crippen LogP contribution is 2.38. The molecule has 0 fully saturated rings. The van der Waals surface area contributed by atoms with Crippen LogP contribution in [0, 0.1) is 0 Å². The van der Waals surface area contributed by atoms with E-state index < -0.39 is 6.10 Å². The van der Waals surface area contributed by atoms with Gasteiger partial charge in [0.05, 0.1) is 8.81 Å². The van der Waals surface area contributed by atoms with Gasteiger partial charge in [-0.3, -0.25) is 0 Å². The maximum Gasteiger partial charge on any atom is 0.114 e. The predicted octanol–water partition coefficient (Wildman–Crippen LogP) is 5.01. The van der Waals surface area contributed by atoms with Crippen molar-refractivity contribution in [2.24, 2.45) is 0 Å². The first kappa shape index (κ1) is 12.6. The van der Waals surface area contributed by atoms with Crippen molar-refractivity contribution >= 4 is 54.8 Å². The summed E-state index contributed by atoms with van der Waals surface area (Å²) in [5.74, 6) is 0. The molecular formula is C11H7Br2ClOS. The first-order valence-corrected chi connectivity index (χ1v) is 7.25. The molecular weight excluding hydrogens is 375 g/mol. The van der Waals surface area contributed by atoms with Crippen molar-refractivity contribution in [3.05, 3.63) is 54.1 Å². The smallest absolute Gasteiger partial charge is 0.114 e. The van der Waals surface area contributed by atoms with Crippen molar-refractivity contribution in [2.45, 2.75) is 6.10 Å². The molecule has 1 atom stereocenters. The third-order valence-corrected chi connectivity index (χ3v) is 5.38. The van der Waals surface area contributed by atoms with E-state index in [1.807, 2.05) is 24.3 Å². The van der Waals surface area contributed by atoms with Gasteiger partial charge in [0.2, 0.25) is 0 Å². The van der Waals surface area contributed by atoms with Gasteiger partial charge in [0.1, 0.15) is 6.10 Å². The van der Waals surface area contributed by atoms with Gasteiger partial charge in [0.15, 0.2) is 0 Å². The second kappa shape index (κ2) is 5.19. The molecule has 1 aromatic carbocycles. The highest BCUT2D eigenvalue weighted by Gasteiger charge is 2.17. The van der Waals surface area contributed by atoms with Crippen LogP contribution in [0.3, 0.4) is 0 Å². The Morgan fingerprint density at radius 1 is 1.25 bits per heavy atom. The molecule has 0 aliphatic carbocycles. The van der Waals surface area contributed by atoms with Gasteiger partial charge >= 0.3 is 0 Å². The Balaban J connectivity index is 2.39. The maximum absolute atomic E-state index is 10.2. The summed E-state index contributed by atoms with van der Waals surface area (Å²) in [5.41, 5.74) is 0.841. The molecule has 2 rings (SSSR count). The van der Waals surface area contributed by atoms with E-state index in [-0.39, 0.29) is 0 Å². The molecule has 1 unspecified atom stereocenters. The molecule has 0 saturated carbocycles. The van der Waals surface area contributed by atoms with Gasteiger partial charge in [0.25, 0.3) is 0 Å². The topological polar surface area (TPSA) is 20.2 Å². The summed E-state index contributed by atoms with van der Waals surface area (Å²) in [6.07, 6.45) is -0.649. The summed E-state index contributed by atoms with van der Waals surface area (Å²) in [7, 11) is 0. The zero-order chi connectivity index (χ0) is 11.7. The standard InChI is InChI=1S/C11H7Br2ClOS/c12-7-4-2-1-3-6(7)10(15)9-5-8(14)11(13)16-9/h1-5,10,15H. The van der Waals surface area contributed by atoms with E-state index in [0.717, 1.165) is 18.7 Å². The molecule has 0 spiro atoms. The summed E-state index contributed by atoms with van der Waals surface area (Å²) >= 11 is 14.1. The van der Waals surface area contributed by atoms with Crippen LogP contribution in [0.1, 0.15) is 16.5 Å². The zero-order valence-electron chi connectivity index (χ0n) is 7.95. The number of rotatable bonds is 2. The van der Waals surface area contributed by atoms with Crippen molar-refractivity contribution in [1.29, 1.82) is 0 Å². The van der Waals surface area contributed by atoms with Gasteiger partial charge < -0.3 is 5.11 Å². The first-order chi connectivity index (χ1) is 7.59. The zero-order valence-corrected chi connectivity index (χ0v) is 12.7. The van der Waals surface area contributed by atoms with Crippen LogP contribution in [0.25, 0.3) is 0 Å². The van der Waals surface area contributed by atoms with Gasteiger partial charge in [-0.05, 0) is 33.6 Å². The van der Waals surface area contributed by atoms with Gasteiger partial charge in [-0.25, -0.2) is 0 Å². The minimum Gasteiger partial charge on any atom is -0.383 e. The molecule has 84 valence electrons. The van der Waals surface area contributed by atoms with Crippen molar-refractivity contribution in [3.63, 3.8) is 0 Å². The van der Waals surface area contributed by atoms with Crippen LogP contribution in [0.2, 0.25) is 5.02 Å². The van der Waals surface area contributed by atoms with Crippen molar-refractivity contribution < 1.29 is 5.11 Å². The molecule has 1 aromatic heterocycles. The molecule has 0 amide bonds. The molecule has 0 aliphatic rings. The number of aliphatic hydroxyl groups excluding tert-OH is 1. The minimum absolute atomic E-state index is 0.631. The molecule has 0 aliphatic heterocycles. The fourth-order valence-electron chi connectivity index (χ4n) is 1.35. The van der Waals surface area contributed by atoms with E-state index >= 15 is 0 Å². The van der Waals surface area contributed by atoms with Crippen LogP contribution in [0.15, 0.2) is 38.6 Å². The van der Waals surface area contributed by atoms with E-state index in [4.69, 9.17) is 11.6 Å². The van der Waals surface area contributed by atoms with Gasteiger partial charge in [-0.1, -0.05) is 45.7 Å². The normalized spacial score (nSPS) is 12.8. The lowest BCUT2D eigenvalue weighted by Crippen LogP contribution is -1.97. The fraction of sp³-hybridized carbons (Fsp3) is 0.0909. The summed E-state index contributed by atoms with van der Waals surface area (Å²) in [4.78, 5) is 0.823. The van der Waals surface area contributed by atoms with E-state index in [1.54, 1.807) is 6.07 Å². The van der Waals surface area contributed by atoms with E-state index in [1.165, 1.54) is 11.3 Å². The van der Waals surface area contributed by atoms with Crippen LogP contribution in [-0.2, 0) is 0 Å². The molecule has 16 heavy (non-hydrogen) atoms. The lowest BCUT2D eigenvalue weighted by molar-refractivity contribution is 0.223. The fourth-order valence-corrected chi connectivity index (χ4v) is 3.60. The van der Waals surface area contributed by atoms with Crippen LogP contribution in [-0.4, -0.2) is 5.11 Å². The molecule has 0 saturated heterocycles. The Morgan fingerprint density at radius 2 is 1.94 bits per heavy atom. The molecule has 2 aromatic rings. The van der Waals surface area contributed by atoms with Crippen LogP contribution < -0.4 is 0 Å². The Hall–Kier alpha value is 0.130. The highest BCUT2D eigenvalue weighted by atomic mass is 79.9. The average molecular weight is 383 g/mol. The van der Waals surface area contributed by atoms with Gasteiger partial charge in [-0.15, -0.1) is 11.3 Å². The van der Waals surface area contributed by atoms with Gasteiger partial charge in [-0.2, -0.15) is 0 Å². The molecule has 1 nitrogen and oxygen atoms in total. The van der Waals surface area contributed by atoms with E-state index in [0.29, 0.717) is 5.02 Å². The van der Waals surface area contributed by atoms with E-state index in [2.05, 4.69) is 31.9 Å². The molecule has 1 heterocycles. The molecule has 0 bridgehead atoms. The van der Waals surface area contributed by atoms with Crippen molar-refractivity contribution in [1.82, 2.24) is 0 Å². The SMILES string of the molecule is OC(c1cc(Cl)c(Br)s1)c1ccccc1Br. The Labute approximate surface area is 119 Å². The Kier molecular flexibility index (Phi) is 4.08. The molecule has 5 heteroatoms. The summed E-state index contributed by atoms with van der Waals surface area (Å²) < 4.78 is 1.73. The van der Waals surface area contributed by atoms with Crippen LogP contribution >= 0.6 is 54.8 Å². The number of thiophene rings is 1.